The quantitative estimate of drug-likeness (QED) is 0.528. The number of aromatic hydroxyl groups is 1. The van der Waals surface area contributed by atoms with Crippen molar-refractivity contribution in [3.63, 3.8) is 0 Å². The monoisotopic (exact) mass is 524 g/mol. The minimum absolute atomic E-state index is 0.0130. The van der Waals surface area contributed by atoms with E-state index in [9.17, 15) is 5.11 Å². The van der Waals surface area contributed by atoms with E-state index in [2.05, 4.69) is 45.2 Å². The van der Waals surface area contributed by atoms with Crippen LogP contribution in [0.1, 0.15) is 35.7 Å². The Morgan fingerprint density at radius 3 is 2.71 bits per heavy atom. The average molecular weight is 525 g/mol. The van der Waals surface area contributed by atoms with Crippen LogP contribution in [0, 0.1) is 22.7 Å². The molecule has 1 atom stereocenters. The minimum Gasteiger partial charge on any atom is -0.503 e. The van der Waals surface area contributed by atoms with E-state index in [0.29, 0.717) is 41.1 Å². The number of anilines is 1. The molecule has 3 N–H and O–H groups in total. The zero-order valence-corrected chi connectivity index (χ0v) is 21.7. The van der Waals surface area contributed by atoms with Crippen LogP contribution in [0.15, 0.2) is 57.6 Å². The molecule has 0 bridgehead atoms. The summed E-state index contributed by atoms with van der Waals surface area (Å²) in [6.07, 6.45) is 7.22. The number of hydrogen-bond acceptors (Lipinski definition) is 10. The number of pyridine rings is 1. The number of amidine groups is 1. The molecule has 1 aliphatic carbocycles. The Bertz CT molecular complexity index is 1490. The number of piperidine rings is 1. The molecule has 7 rings (SSSR count). The maximum atomic E-state index is 10.8. The summed E-state index contributed by atoms with van der Waals surface area (Å²) in [7, 11) is 0. The first-order valence-electron chi connectivity index (χ1n) is 13.1. The summed E-state index contributed by atoms with van der Waals surface area (Å²) in [5.74, 6) is 2.31. The van der Waals surface area contributed by atoms with Crippen molar-refractivity contribution in [3.8, 4) is 11.8 Å². The molecule has 9 nitrogen and oxygen atoms in total. The summed E-state index contributed by atoms with van der Waals surface area (Å²) >= 11 is 1.36. The van der Waals surface area contributed by atoms with Gasteiger partial charge in [-0.05, 0) is 41.9 Å². The van der Waals surface area contributed by atoms with Gasteiger partial charge in [0, 0.05) is 38.4 Å². The smallest absolute Gasteiger partial charge is 0.176 e. The topological polar surface area (TPSA) is 128 Å². The Kier molecular flexibility index (Phi) is 5.53. The van der Waals surface area contributed by atoms with Crippen molar-refractivity contribution in [1.29, 1.82) is 5.26 Å². The Morgan fingerprint density at radius 1 is 1.11 bits per heavy atom. The van der Waals surface area contributed by atoms with Crippen molar-refractivity contribution < 1.29 is 5.11 Å². The van der Waals surface area contributed by atoms with Gasteiger partial charge in [-0.2, -0.15) is 5.26 Å². The first-order valence-corrected chi connectivity index (χ1v) is 13.9. The summed E-state index contributed by atoms with van der Waals surface area (Å²) in [6.45, 7) is 3.04. The van der Waals surface area contributed by atoms with Gasteiger partial charge < -0.3 is 20.6 Å². The Hall–Kier alpha value is -3.68. The van der Waals surface area contributed by atoms with Gasteiger partial charge in [0.2, 0.25) is 0 Å². The summed E-state index contributed by atoms with van der Waals surface area (Å²) in [5, 5.41) is 20.6. The predicted molar refractivity (Wildman–Crippen MR) is 144 cm³/mol. The fourth-order valence-corrected chi connectivity index (χ4v) is 7.06. The summed E-state index contributed by atoms with van der Waals surface area (Å²) in [5.41, 5.74) is 10.5. The van der Waals surface area contributed by atoms with Crippen molar-refractivity contribution in [2.75, 3.05) is 31.1 Å². The molecule has 10 heteroatoms. The van der Waals surface area contributed by atoms with Crippen LogP contribution in [0.4, 0.5) is 11.6 Å². The normalized spacial score (nSPS) is 21.6. The lowest BCUT2D eigenvalue weighted by Crippen LogP contribution is -2.46. The molecule has 0 saturated carbocycles. The van der Waals surface area contributed by atoms with Crippen molar-refractivity contribution in [2.24, 2.45) is 22.1 Å². The van der Waals surface area contributed by atoms with Gasteiger partial charge in [0.05, 0.1) is 35.2 Å². The third kappa shape index (κ3) is 3.80. The third-order valence-electron chi connectivity index (χ3n) is 8.52. The van der Waals surface area contributed by atoms with Gasteiger partial charge in [0.25, 0.3) is 0 Å². The number of fused-ring (bicyclic) bond motifs is 2. The van der Waals surface area contributed by atoms with Crippen LogP contribution in [-0.2, 0) is 12.8 Å². The van der Waals surface area contributed by atoms with Crippen molar-refractivity contribution >= 4 is 29.2 Å². The van der Waals surface area contributed by atoms with E-state index in [1.807, 2.05) is 4.90 Å². The molecule has 0 radical (unpaired) electrons. The molecule has 192 valence electrons. The molecule has 38 heavy (non-hydrogen) atoms. The summed E-state index contributed by atoms with van der Waals surface area (Å²) in [4.78, 5) is 23.5. The molecule has 4 aliphatic rings. The van der Waals surface area contributed by atoms with Crippen LogP contribution >= 0.6 is 11.8 Å². The van der Waals surface area contributed by atoms with Crippen LogP contribution < -0.4 is 10.6 Å². The number of nitrogens with zero attached hydrogens (tertiary/aromatic N) is 7. The van der Waals surface area contributed by atoms with Gasteiger partial charge >= 0.3 is 0 Å². The van der Waals surface area contributed by atoms with Crippen LogP contribution in [0.3, 0.4) is 0 Å². The average Bonchev–Trinajstić information content (AvgIpc) is 3.45. The highest BCUT2D eigenvalue weighted by molar-refractivity contribution is 7.99. The van der Waals surface area contributed by atoms with E-state index in [1.54, 1.807) is 18.5 Å². The second-order valence-electron chi connectivity index (χ2n) is 10.7. The molecular weight excluding hydrogens is 496 g/mol. The van der Waals surface area contributed by atoms with Gasteiger partial charge in [-0.25, -0.2) is 19.9 Å². The molecule has 3 aliphatic heterocycles. The van der Waals surface area contributed by atoms with Crippen LogP contribution in [-0.4, -0.2) is 57.0 Å². The van der Waals surface area contributed by atoms with Crippen molar-refractivity contribution in [2.45, 2.75) is 41.6 Å². The van der Waals surface area contributed by atoms with Gasteiger partial charge in [-0.1, -0.05) is 36.0 Å². The number of aromatic nitrogens is 3. The fourth-order valence-electron chi connectivity index (χ4n) is 6.26. The van der Waals surface area contributed by atoms with E-state index < -0.39 is 0 Å². The largest absolute Gasteiger partial charge is 0.503 e. The Balaban J connectivity index is 1.01. The molecule has 0 amide bonds. The highest BCUT2D eigenvalue weighted by Gasteiger charge is 2.46. The molecule has 2 saturated heterocycles. The molecule has 0 unspecified atom stereocenters. The number of nitrogens with two attached hydrogens (primary N) is 1. The van der Waals surface area contributed by atoms with Crippen LogP contribution in [0.2, 0.25) is 0 Å². The lowest BCUT2D eigenvalue weighted by Gasteiger charge is -2.43. The van der Waals surface area contributed by atoms with E-state index >= 15 is 0 Å². The lowest BCUT2D eigenvalue weighted by molar-refractivity contribution is 0.127. The molecular formula is C28H28N8OS. The molecule has 2 aromatic heterocycles. The van der Waals surface area contributed by atoms with Crippen molar-refractivity contribution in [1.82, 2.24) is 19.9 Å². The third-order valence-corrected chi connectivity index (χ3v) is 9.48. The highest BCUT2D eigenvalue weighted by Crippen LogP contribution is 2.51. The number of nitriles is 1. The molecule has 1 spiro atoms. The number of likely N-dealkylation sites (tertiary alicyclic amines) is 1. The first kappa shape index (κ1) is 23.4. The fraction of sp³-hybridized carbons (Fsp3) is 0.393. The van der Waals surface area contributed by atoms with Gasteiger partial charge in [-0.3, -0.25) is 0 Å². The number of hydrogen-bond donors (Lipinski definition) is 2. The predicted octanol–water partition coefficient (Wildman–Crippen LogP) is 3.61. The molecule has 3 aromatic rings. The maximum absolute atomic E-state index is 10.8. The van der Waals surface area contributed by atoms with E-state index in [-0.39, 0.29) is 23.1 Å². The minimum atomic E-state index is -0.0130. The lowest BCUT2D eigenvalue weighted by atomic mass is 9.73. The molecule has 1 aromatic carbocycles. The van der Waals surface area contributed by atoms with Gasteiger partial charge in [0.15, 0.2) is 17.4 Å². The first-order chi connectivity index (χ1) is 18.5. The van der Waals surface area contributed by atoms with E-state index in [1.165, 1.54) is 22.9 Å². The van der Waals surface area contributed by atoms with Gasteiger partial charge in [0.1, 0.15) is 10.9 Å². The Morgan fingerprint density at radius 2 is 1.92 bits per heavy atom. The second kappa shape index (κ2) is 8.96. The van der Waals surface area contributed by atoms with Gasteiger partial charge in [-0.15, -0.1) is 0 Å². The standard InChI is InChI=1S/C28H28N8OS/c29-13-17-15-36(16-17)27-24(37)21(5-8-31-27)38-23-14-32-26-20(33-23)11-22(34-26)35-9-6-28(7-10-35)12-18-3-1-2-4-19(18)25(28)30/h1-5,8,14,17,25,37H,6-7,9-12,15-16,30H2/t25-/m1/s1. The molecule has 2 fully saturated rings. The highest BCUT2D eigenvalue weighted by atomic mass is 32.2. The van der Waals surface area contributed by atoms with Crippen LogP contribution in [0.25, 0.3) is 0 Å². The zero-order valence-electron chi connectivity index (χ0n) is 20.9. The summed E-state index contributed by atoms with van der Waals surface area (Å²) < 4.78 is 0. The van der Waals surface area contributed by atoms with E-state index in [0.717, 1.165) is 43.9 Å². The second-order valence-corrected chi connectivity index (χ2v) is 11.8. The van der Waals surface area contributed by atoms with Crippen molar-refractivity contribution in [3.05, 3.63) is 59.5 Å². The Labute approximate surface area is 225 Å². The van der Waals surface area contributed by atoms with E-state index in [4.69, 9.17) is 21.0 Å². The zero-order chi connectivity index (χ0) is 25.9. The SMILES string of the molecule is N#CC1CN(c2nccc(Sc3cnc4c(n3)CC(N3CCC5(CC3)Cc3ccccc3[C@H]5N)=N4)c2O)C1. The molecule has 5 heterocycles. The number of rotatable bonds is 3. The number of benzene rings is 1. The van der Waals surface area contributed by atoms with Crippen LogP contribution in [0.5, 0.6) is 5.75 Å². The summed E-state index contributed by atoms with van der Waals surface area (Å²) in [6, 6.07) is 12.7. The maximum Gasteiger partial charge on any atom is 0.176 e. The number of aliphatic imine (C=N–C) groups is 1.